The fourth-order valence-electron chi connectivity index (χ4n) is 1.02. The van der Waals surface area contributed by atoms with Crippen molar-refractivity contribution >= 4 is 0 Å². The second-order valence-electron chi connectivity index (χ2n) is 2.90. The monoisotopic (exact) mass is 217 g/mol. The molecule has 0 saturated heterocycles. The Morgan fingerprint density at radius 2 is 1.93 bits per heavy atom. The van der Waals surface area contributed by atoms with Gasteiger partial charge in [0.1, 0.15) is 18.7 Å². The van der Waals surface area contributed by atoms with Crippen molar-refractivity contribution in [2.75, 3.05) is 6.61 Å². The first-order valence-corrected chi connectivity index (χ1v) is 4.23. The summed E-state index contributed by atoms with van der Waals surface area (Å²) in [5.41, 5.74) is 6.24. The first kappa shape index (κ1) is 11.6. The molecule has 15 heavy (non-hydrogen) atoms. The second-order valence-corrected chi connectivity index (χ2v) is 2.90. The van der Waals surface area contributed by atoms with Crippen molar-refractivity contribution in [2.24, 2.45) is 5.73 Å². The Kier molecular flexibility index (Phi) is 4.17. The molecular weight excluding hydrogens is 207 g/mol. The van der Waals surface area contributed by atoms with Crippen LogP contribution in [-0.4, -0.2) is 6.61 Å². The zero-order valence-electron chi connectivity index (χ0n) is 7.79. The third kappa shape index (κ3) is 4.03. The van der Waals surface area contributed by atoms with Crippen LogP contribution < -0.4 is 5.73 Å². The average molecular weight is 217 g/mol. The molecule has 0 radical (unpaired) electrons. The number of benzene rings is 1. The minimum Gasteiger partial charge on any atom is -0.494 e. The van der Waals surface area contributed by atoms with E-state index >= 15 is 0 Å². The number of hydrogen-bond acceptors (Lipinski definition) is 2. The molecule has 0 spiro atoms. The minimum absolute atomic E-state index is 0.0804. The van der Waals surface area contributed by atoms with Gasteiger partial charge in [-0.25, -0.2) is 4.39 Å². The third-order valence-corrected chi connectivity index (χ3v) is 1.75. The summed E-state index contributed by atoms with van der Waals surface area (Å²) >= 11 is 0. The lowest BCUT2D eigenvalue weighted by molar-refractivity contribution is 0.207. The standard InChI is InChI=1S/C10H10F3NO/c11-8-3-1-7(2-4-8)9(14)5-15-6-10(12)13/h1-4,6,9H,5,14H2/t9-/m1/s1. The number of nitrogens with two attached hydrogens (primary N) is 1. The zero-order valence-corrected chi connectivity index (χ0v) is 7.79. The van der Waals surface area contributed by atoms with Gasteiger partial charge in [-0.2, -0.15) is 8.78 Å². The van der Waals surface area contributed by atoms with Gasteiger partial charge < -0.3 is 10.5 Å². The number of halogens is 3. The van der Waals surface area contributed by atoms with E-state index in [2.05, 4.69) is 4.74 Å². The van der Waals surface area contributed by atoms with Crippen LogP contribution in [0.4, 0.5) is 13.2 Å². The smallest absolute Gasteiger partial charge is 0.304 e. The highest BCUT2D eigenvalue weighted by molar-refractivity contribution is 5.19. The van der Waals surface area contributed by atoms with E-state index in [1.54, 1.807) is 0 Å². The molecule has 1 atom stereocenters. The lowest BCUT2D eigenvalue weighted by Gasteiger charge is -2.10. The van der Waals surface area contributed by atoms with Gasteiger partial charge in [0.05, 0.1) is 6.04 Å². The van der Waals surface area contributed by atoms with E-state index in [1.807, 2.05) is 0 Å². The third-order valence-electron chi connectivity index (χ3n) is 1.75. The topological polar surface area (TPSA) is 35.2 Å². The molecule has 0 fully saturated rings. The molecule has 5 heteroatoms. The van der Waals surface area contributed by atoms with E-state index in [0.717, 1.165) is 0 Å². The van der Waals surface area contributed by atoms with Crippen molar-refractivity contribution in [3.63, 3.8) is 0 Å². The molecule has 2 nitrogen and oxygen atoms in total. The van der Waals surface area contributed by atoms with Crippen LogP contribution in [0, 0.1) is 5.82 Å². The summed E-state index contributed by atoms with van der Waals surface area (Å²) in [6.07, 6.45) is -1.58. The van der Waals surface area contributed by atoms with E-state index in [-0.39, 0.29) is 12.4 Å². The van der Waals surface area contributed by atoms with E-state index in [9.17, 15) is 13.2 Å². The molecule has 0 aliphatic rings. The Labute approximate surface area is 85.2 Å². The van der Waals surface area contributed by atoms with Gasteiger partial charge in [-0.05, 0) is 17.7 Å². The highest BCUT2D eigenvalue weighted by atomic mass is 19.3. The van der Waals surface area contributed by atoms with Gasteiger partial charge in [0.25, 0.3) is 0 Å². The molecule has 0 aliphatic carbocycles. The Bertz CT molecular complexity index is 333. The highest BCUT2D eigenvalue weighted by Crippen LogP contribution is 2.11. The maximum Gasteiger partial charge on any atom is 0.304 e. The fourth-order valence-corrected chi connectivity index (χ4v) is 1.02. The highest BCUT2D eigenvalue weighted by Gasteiger charge is 2.05. The second kappa shape index (κ2) is 5.41. The van der Waals surface area contributed by atoms with Gasteiger partial charge in [0.15, 0.2) is 0 Å². The normalized spacial score (nSPS) is 12.0. The number of ether oxygens (including phenoxy) is 1. The van der Waals surface area contributed by atoms with Crippen molar-refractivity contribution in [1.29, 1.82) is 0 Å². The summed E-state index contributed by atoms with van der Waals surface area (Å²) < 4.78 is 40.2. The van der Waals surface area contributed by atoms with Gasteiger partial charge in [-0.3, -0.25) is 0 Å². The molecule has 2 N–H and O–H groups in total. The van der Waals surface area contributed by atoms with Crippen LogP contribution in [0.1, 0.15) is 11.6 Å². The lowest BCUT2D eigenvalue weighted by Crippen LogP contribution is -2.15. The molecule has 1 aromatic carbocycles. The van der Waals surface area contributed by atoms with Crippen molar-refractivity contribution in [3.8, 4) is 0 Å². The van der Waals surface area contributed by atoms with Crippen LogP contribution in [0.3, 0.4) is 0 Å². The molecular formula is C10H10F3NO. The molecule has 0 aromatic heterocycles. The summed E-state index contributed by atoms with van der Waals surface area (Å²) in [6.45, 7) is -0.0804. The van der Waals surface area contributed by atoms with Crippen LogP contribution >= 0.6 is 0 Å². The summed E-state index contributed by atoms with van der Waals surface area (Å²) in [5, 5.41) is 0. The zero-order chi connectivity index (χ0) is 11.3. The maximum absolute atomic E-state index is 12.5. The van der Waals surface area contributed by atoms with E-state index in [0.29, 0.717) is 11.8 Å². The van der Waals surface area contributed by atoms with Crippen LogP contribution in [-0.2, 0) is 4.74 Å². The predicted octanol–water partition coefficient (Wildman–Crippen LogP) is 2.58. The molecule has 0 amide bonds. The molecule has 1 aromatic rings. The molecule has 82 valence electrons. The van der Waals surface area contributed by atoms with Crippen LogP contribution in [0.5, 0.6) is 0 Å². The van der Waals surface area contributed by atoms with Crippen molar-refractivity contribution in [1.82, 2.24) is 0 Å². The Balaban J connectivity index is 2.50. The van der Waals surface area contributed by atoms with Crippen LogP contribution in [0.15, 0.2) is 36.6 Å². The summed E-state index contributed by atoms with van der Waals surface area (Å²) in [6, 6.07) is 4.92. The van der Waals surface area contributed by atoms with Crippen LogP contribution in [0.2, 0.25) is 0 Å². The maximum atomic E-state index is 12.5. The molecule has 0 unspecified atom stereocenters. The average Bonchev–Trinajstić information content (AvgIpc) is 2.18. The van der Waals surface area contributed by atoms with E-state index in [4.69, 9.17) is 5.73 Å². The predicted molar refractivity (Wildman–Crippen MR) is 49.6 cm³/mol. The number of rotatable bonds is 4. The molecule has 1 rings (SSSR count). The first-order valence-electron chi connectivity index (χ1n) is 4.23. The molecule has 0 saturated carbocycles. The van der Waals surface area contributed by atoms with Crippen molar-refractivity contribution in [3.05, 3.63) is 48.0 Å². The van der Waals surface area contributed by atoms with Crippen LogP contribution in [0.25, 0.3) is 0 Å². The lowest BCUT2D eigenvalue weighted by atomic mass is 10.1. The number of hydrogen-bond donors (Lipinski definition) is 1. The quantitative estimate of drug-likeness (QED) is 0.786. The van der Waals surface area contributed by atoms with Gasteiger partial charge in [-0.15, -0.1) is 0 Å². The first-order chi connectivity index (χ1) is 7.09. The Morgan fingerprint density at radius 3 is 2.47 bits per heavy atom. The largest absolute Gasteiger partial charge is 0.494 e. The Hall–Kier alpha value is -1.49. The summed E-state index contributed by atoms with van der Waals surface area (Å²) in [5.74, 6) is -0.374. The fraction of sp³-hybridized carbons (Fsp3) is 0.200. The molecule has 0 aliphatic heterocycles. The molecule has 0 bridgehead atoms. The SMILES string of the molecule is N[C@H](COC=C(F)F)c1ccc(F)cc1. The van der Waals surface area contributed by atoms with Gasteiger partial charge >= 0.3 is 6.08 Å². The van der Waals surface area contributed by atoms with Gasteiger partial charge in [0, 0.05) is 0 Å². The minimum atomic E-state index is -1.92. The van der Waals surface area contributed by atoms with Crippen molar-refractivity contribution < 1.29 is 17.9 Å². The van der Waals surface area contributed by atoms with Gasteiger partial charge in [-0.1, -0.05) is 12.1 Å². The van der Waals surface area contributed by atoms with E-state index in [1.165, 1.54) is 24.3 Å². The summed E-state index contributed by atoms with van der Waals surface area (Å²) in [7, 11) is 0. The van der Waals surface area contributed by atoms with E-state index < -0.39 is 12.1 Å². The molecule has 0 heterocycles. The summed E-state index contributed by atoms with van der Waals surface area (Å²) in [4.78, 5) is 0. The van der Waals surface area contributed by atoms with Gasteiger partial charge in [0.2, 0.25) is 0 Å². The Morgan fingerprint density at radius 1 is 1.33 bits per heavy atom. The van der Waals surface area contributed by atoms with Crippen molar-refractivity contribution in [2.45, 2.75) is 6.04 Å².